The molecule has 0 bridgehead atoms. The number of hydrogen-bond donors (Lipinski definition) is 0. The van der Waals surface area contributed by atoms with E-state index in [4.69, 9.17) is 4.74 Å². The van der Waals surface area contributed by atoms with Crippen LogP contribution in [0.4, 0.5) is 4.39 Å². The maximum atomic E-state index is 12.7. The molecule has 1 atom stereocenters. The first-order chi connectivity index (χ1) is 8.17. The fourth-order valence-corrected chi connectivity index (χ4v) is 1.63. The molecule has 0 aliphatic rings. The molecule has 0 fully saturated rings. The van der Waals surface area contributed by atoms with Crippen LogP contribution in [0.3, 0.4) is 0 Å². The Balaban J connectivity index is 2.68. The van der Waals surface area contributed by atoms with Crippen LogP contribution in [0.2, 0.25) is 0 Å². The second-order valence-corrected chi connectivity index (χ2v) is 3.80. The van der Waals surface area contributed by atoms with E-state index in [0.29, 0.717) is 19.4 Å². The van der Waals surface area contributed by atoms with Crippen molar-refractivity contribution in [2.45, 2.75) is 19.8 Å². The Morgan fingerprint density at radius 2 is 2.12 bits per heavy atom. The number of hydrogen-bond acceptors (Lipinski definition) is 2. The Labute approximate surface area is 101 Å². The minimum absolute atomic E-state index is 0.225. The molecule has 17 heavy (non-hydrogen) atoms. The van der Waals surface area contributed by atoms with E-state index in [2.05, 4.69) is 6.58 Å². The van der Waals surface area contributed by atoms with Gasteiger partial charge in [-0.2, -0.15) is 0 Å². The van der Waals surface area contributed by atoms with Gasteiger partial charge in [0.1, 0.15) is 5.82 Å². The summed E-state index contributed by atoms with van der Waals surface area (Å²) in [6.45, 7) is 5.78. The van der Waals surface area contributed by atoms with Crippen molar-refractivity contribution in [3.05, 3.63) is 48.3 Å². The van der Waals surface area contributed by atoms with E-state index in [-0.39, 0.29) is 17.7 Å². The fourth-order valence-electron chi connectivity index (χ4n) is 1.63. The van der Waals surface area contributed by atoms with Gasteiger partial charge in [0.25, 0.3) is 0 Å². The van der Waals surface area contributed by atoms with E-state index in [9.17, 15) is 9.18 Å². The van der Waals surface area contributed by atoms with Crippen molar-refractivity contribution in [3.8, 4) is 0 Å². The van der Waals surface area contributed by atoms with Crippen LogP contribution in [0.25, 0.3) is 0 Å². The number of rotatable bonds is 6. The third-order valence-corrected chi connectivity index (χ3v) is 2.47. The van der Waals surface area contributed by atoms with Crippen LogP contribution in [0.5, 0.6) is 0 Å². The van der Waals surface area contributed by atoms with E-state index in [1.807, 2.05) is 0 Å². The highest BCUT2D eigenvalue weighted by atomic mass is 19.1. The summed E-state index contributed by atoms with van der Waals surface area (Å²) >= 11 is 0. The molecule has 0 aromatic heterocycles. The van der Waals surface area contributed by atoms with Crippen molar-refractivity contribution in [1.29, 1.82) is 0 Å². The van der Waals surface area contributed by atoms with Crippen molar-refractivity contribution >= 4 is 5.97 Å². The first kappa shape index (κ1) is 13.4. The van der Waals surface area contributed by atoms with E-state index < -0.39 is 0 Å². The van der Waals surface area contributed by atoms with Crippen molar-refractivity contribution in [2.75, 3.05) is 6.61 Å². The van der Waals surface area contributed by atoms with Gasteiger partial charge in [-0.1, -0.05) is 18.2 Å². The van der Waals surface area contributed by atoms with Gasteiger partial charge < -0.3 is 4.74 Å². The molecule has 1 aromatic carbocycles. The van der Waals surface area contributed by atoms with Crippen LogP contribution in [0, 0.1) is 11.7 Å². The number of carbonyl (C=O) groups is 1. The zero-order chi connectivity index (χ0) is 12.7. The minimum Gasteiger partial charge on any atom is -0.466 e. The lowest BCUT2D eigenvalue weighted by Gasteiger charge is -2.13. The summed E-state index contributed by atoms with van der Waals surface area (Å²) in [5.41, 5.74) is 0.923. The number of ether oxygens (including phenoxy) is 1. The summed E-state index contributed by atoms with van der Waals surface area (Å²) in [4.78, 5) is 11.7. The van der Waals surface area contributed by atoms with Crippen LogP contribution < -0.4 is 0 Å². The number of carbonyl (C=O) groups excluding carboxylic acids is 1. The predicted octanol–water partition coefficient (Wildman–Crippen LogP) is 3.12. The van der Waals surface area contributed by atoms with E-state index in [0.717, 1.165) is 5.56 Å². The first-order valence-electron chi connectivity index (χ1n) is 5.69. The Hall–Kier alpha value is -1.64. The highest BCUT2D eigenvalue weighted by Crippen LogP contribution is 2.15. The molecule has 0 saturated heterocycles. The van der Waals surface area contributed by atoms with Gasteiger partial charge in [0.05, 0.1) is 12.5 Å². The highest BCUT2D eigenvalue weighted by molar-refractivity contribution is 5.73. The lowest BCUT2D eigenvalue weighted by molar-refractivity contribution is -0.147. The highest BCUT2D eigenvalue weighted by Gasteiger charge is 2.18. The van der Waals surface area contributed by atoms with Crippen molar-refractivity contribution < 1.29 is 13.9 Å². The van der Waals surface area contributed by atoms with E-state index >= 15 is 0 Å². The van der Waals surface area contributed by atoms with Crippen LogP contribution >= 0.6 is 0 Å². The topological polar surface area (TPSA) is 26.3 Å². The quantitative estimate of drug-likeness (QED) is 0.560. The summed E-state index contributed by atoms with van der Waals surface area (Å²) in [5.74, 6) is -0.736. The Kier molecular flexibility index (Phi) is 5.40. The van der Waals surface area contributed by atoms with Crippen LogP contribution in [-0.2, 0) is 16.0 Å². The lowest BCUT2D eigenvalue weighted by atomic mass is 9.96. The number of esters is 1. The van der Waals surface area contributed by atoms with E-state index in [1.54, 1.807) is 25.1 Å². The number of halogens is 1. The molecule has 0 N–H and O–H groups in total. The molecule has 0 aliphatic carbocycles. The summed E-state index contributed by atoms with van der Waals surface area (Å²) in [5, 5.41) is 0. The monoisotopic (exact) mass is 236 g/mol. The van der Waals surface area contributed by atoms with Crippen molar-refractivity contribution in [2.24, 2.45) is 5.92 Å². The van der Waals surface area contributed by atoms with Crippen LogP contribution in [0.1, 0.15) is 18.9 Å². The second-order valence-electron chi connectivity index (χ2n) is 3.80. The zero-order valence-electron chi connectivity index (χ0n) is 9.99. The van der Waals surface area contributed by atoms with E-state index in [1.165, 1.54) is 12.1 Å². The molecule has 0 unspecified atom stereocenters. The first-order valence-corrected chi connectivity index (χ1v) is 5.69. The smallest absolute Gasteiger partial charge is 0.309 e. The molecule has 92 valence electrons. The molecule has 1 rings (SSSR count). The van der Waals surface area contributed by atoms with Gasteiger partial charge in [-0.15, -0.1) is 6.58 Å². The Bertz CT molecular complexity index is 370. The van der Waals surface area contributed by atoms with Crippen LogP contribution in [-0.4, -0.2) is 12.6 Å². The van der Waals surface area contributed by atoms with Crippen LogP contribution in [0.15, 0.2) is 36.9 Å². The third kappa shape index (κ3) is 4.39. The molecular formula is C14H17FO2. The van der Waals surface area contributed by atoms with Gasteiger partial charge in [0, 0.05) is 0 Å². The van der Waals surface area contributed by atoms with Crippen molar-refractivity contribution in [3.63, 3.8) is 0 Å². The summed E-state index contributed by atoms with van der Waals surface area (Å²) < 4.78 is 17.7. The molecular weight excluding hydrogens is 219 g/mol. The molecule has 1 aromatic rings. The normalized spacial score (nSPS) is 11.9. The summed E-state index contributed by atoms with van der Waals surface area (Å²) in [6.07, 6.45) is 2.81. The molecule has 0 heterocycles. The number of allylic oxidation sites excluding steroid dienone is 1. The second kappa shape index (κ2) is 6.84. The molecule has 0 radical (unpaired) electrons. The largest absolute Gasteiger partial charge is 0.466 e. The summed E-state index contributed by atoms with van der Waals surface area (Å²) in [7, 11) is 0. The van der Waals surface area contributed by atoms with Gasteiger partial charge in [-0.3, -0.25) is 4.79 Å². The number of benzene rings is 1. The third-order valence-electron chi connectivity index (χ3n) is 2.47. The SMILES string of the molecule is C=CC[C@H](Cc1ccc(F)cc1)C(=O)OCC. The summed E-state index contributed by atoms with van der Waals surface area (Å²) in [6, 6.07) is 6.16. The van der Waals surface area contributed by atoms with Gasteiger partial charge >= 0.3 is 5.97 Å². The fraction of sp³-hybridized carbons (Fsp3) is 0.357. The molecule has 2 nitrogen and oxygen atoms in total. The standard InChI is InChI=1S/C14H17FO2/c1-3-5-12(14(16)17-4-2)10-11-6-8-13(15)9-7-11/h3,6-9,12H,1,4-5,10H2,2H3/t12-/m1/s1. The van der Waals surface area contributed by atoms with Gasteiger partial charge in [-0.25, -0.2) is 4.39 Å². The van der Waals surface area contributed by atoms with Gasteiger partial charge in [-0.05, 0) is 37.5 Å². The minimum atomic E-state index is -0.273. The molecule has 0 saturated carbocycles. The average Bonchev–Trinajstić information content (AvgIpc) is 2.31. The van der Waals surface area contributed by atoms with Gasteiger partial charge in [0.15, 0.2) is 0 Å². The van der Waals surface area contributed by atoms with Gasteiger partial charge in [0.2, 0.25) is 0 Å². The molecule has 3 heteroatoms. The zero-order valence-corrected chi connectivity index (χ0v) is 9.99. The average molecular weight is 236 g/mol. The molecule has 0 amide bonds. The molecule has 0 spiro atoms. The Morgan fingerprint density at radius 1 is 1.47 bits per heavy atom. The maximum absolute atomic E-state index is 12.7. The lowest BCUT2D eigenvalue weighted by Crippen LogP contribution is -2.19. The maximum Gasteiger partial charge on any atom is 0.309 e. The predicted molar refractivity (Wildman–Crippen MR) is 65.0 cm³/mol. The Morgan fingerprint density at radius 3 is 2.65 bits per heavy atom. The van der Waals surface area contributed by atoms with Crippen molar-refractivity contribution in [1.82, 2.24) is 0 Å². The molecule has 0 aliphatic heterocycles.